The predicted octanol–water partition coefficient (Wildman–Crippen LogP) is 4.15. The molecule has 4 atom stereocenters. The highest BCUT2D eigenvalue weighted by Crippen LogP contribution is 2.46. The normalized spacial score (nSPS) is 29.5. The molecule has 166 valence electrons. The van der Waals surface area contributed by atoms with Crippen molar-refractivity contribution < 1.29 is 19.5 Å². The van der Waals surface area contributed by atoms with E-state index in [1.54, 1.807) is 0 Å². The Kier molecular flexibility index (Phi) is 5.63. The number of hydrogen-bond acceptors (Lipinski definition) is 4. The zero-order chi connectivity index (χ0) is 21.5. The summed E-state index contributed by atoms with van der Waals surface area (Å²) >= 11 is 1.51. The van der Waals surface area contributed by atoms with E-state index < -0.39 is 17.8 Å². The molecule has 5 aliphatic rings. The molecule has 0 aliphatic heterocycles. The second-order valence-electron chi connectivity index (χ2n) is 9.54. The number of carbonyl (C=O) groups is 3. The van der Waals surface area contributed by atoms with Crippen LogP contribution in [0.1, 0.15) is 72.2 Å². The summed E-state index contributed by atoms with van der Waals surface area (Å²) in [5, 5.41) is 16.6. The van der Waals surface area contributed by atoms with Crippen LogP contribution in [0.4, 0.5) is 5.00 Å². The first-order valence-corrected chi connectivity index (χ1v) is 12.5. The van der Waals surface area contributed by atoms with Crippen molar-refractivity contribution >= 4 is 34.1 Å². The quantitative estimate of drug-likeness (QED) is 0.597. The summed E-state index contributed by atoms with van der Waals surface area (Å²) < 4.78 is 0. The third-order valence-electron chi connectivity index (χ3n) is 7.66. The van der Waals surface area contributed by atoms with Crippen LogP contribution in [0.3, 0.4) is 0 Å². The Morgan fingerprint density at radius 2 is 1.58 bits per heavy atom. The molecule has 1 aromatic heterocycles. The van der Waals surface area contributed by atoms with Gasteiger partial charge >= 0.3 is 5.97 Å². The minimum absolute atomic E-state index is 0.0450. The van der Waals surface area contributed by atoms with Crippen LogP contribution in [-0.2, 0) is 22.4 Å². The van der Waals surface area contributed by atoms with Gasteiger partial charge in [-0.05, 0) is 68.8 Å². The summed E-state index contributed by atoms with van der Waals surface area (Å²) in [7, 11) is 0. The molecule has 6 rings (SSSR count). The largest absolute Gasteiger partial charge is 0.481 e. The number of aryl methyl sites for hydroxylation is 1. The molecule has 0 unspecified atom stereocenters. The molecule has 1 heterocycles. The van der Waals surface area contributed by atoms with Crippen LogP contribution in [0.15, 0.2) is 12.2 Å². The Balaban J connectivity index is 1.42. The van der Waals surface area contributed by atoms with Crippen molar-refractivity contribution in [1.82, 2.24) is 5.32 Å². The fourth-order valence-corrected chi connectivity index (χ4v) is 7.39. The van der Waals surface area contributed by atoms with Crippen molar-refractivity contribution in [3.05, 3.63) is 28.2 Å². The topological polar surface area (TPSA) is 95.5 Å². The van der Waals surface area contributed by atoms with E-state index in [1.807, 2.05) is 12.2 Å². The Bertz CT molecular complexity index is 930. The lowest BCUT2D eigenvalue weighted by atomic mass is 9.62. The van der Waals surface area contributed by atoms with E-state index in [1.165, 1.54) is 16.2 Å². The van der Waals surface area contributed by atoms with Crippen LogP contribution < -0.4 is 10.6 Å². The fraction of sp³-hybridized carbons (Fsp3) is 0.625. The number of anilines is 1. The van der Waals surface area contributed by atoms with Gasteiger partial charge in [-0.25, -0.2) is 0 Å². The van der Waals surface area contributed by atoms with E-state index in [4.69, 9.17) is 0 Å². The lowest BCUT2D eigenvalue weighted by molar-refractivity contribution is -0.151. The van der Waals surface area contributed by atoms with E-state index in [0.29, 0.717) is 10.6 Å². The van der Waals surface area contributed by atoms with Crippen LogP contribution in [0.5, 0.6) is 0 Å². The average Bonchev–Trinajstić information content (AvgIpc) is 3.40. The molecule has 2 bridgehead atoms. The van der Waals surface area contributed by atoms with Crippen molar-refractivity contribution in [2.24, 2.45) is 23.7 Å². The van der Waals surface area contributed by atoms with E-state index in [0.717, 1.165) is 69.8 Å². The molecule has 3 N–H and O–H groups in total. The van der Waals surface area contributed by atoms with Gasteiger partial charge in [0.1, 0.15) is 5.00 Å². The van der Waals surface area contributed by atoms with Gasteiger partial charge in [-0.2, -0.15) is 0 Å². The van der Waals surface area contributed by atoms with Gasteiger partial charge in [0.25, 0.3) is 5.91 Å². The first-order valence-electron chi connectivity index (χ1n) is 11.7. The summed E-state index contributed by atoms with van der Waals surface area (Å²) in [5.74, 6) is -2.62. The molecule has 0 aromatic carbocycles. The van der Waals surface area contributed by atoms with Gasteiger partial charge in [-0.1, -0.05) is 25.0 Å². The maximum absolute atomic E-state index is 13.4. The standard InChI is InChI=1S/C24H30N2O4S/c27-21(18-13-9-11-14(12-10-13)19(18)24(29)30)26-23-20(16-7-3-4-8-17(16)31-23)22(28)25-15-5-1-2-6-15/h9,11,13-15,18-19H,1-8,10,12H2,(H,25,28)(H,26,27)(H,29,30)/t13-,14-,18+,19-/m0/s1. The third kappa shape index (κ3) is 3.81. The maximum Gasteiger partial charge on any atom is 0.307 e. The van der Waals surface area contributed by atoms with E-state index in [9.17, 15) is 19.5 Å². The van der Waals surface area contributed by atoms with Crippen molar-refractivity contribution in [3.63, 3.8) is 0 Å². The molecule has 1 aromatic rings. The van der Waals surface area contributed by atoms with Gasteiger partial charge in [-0.3, -0.25) is 14.4 Å². The minimum atomic E-state index is -0.899. The van der Waals surface area contributed by atoms with E-state index in [-0.39, 0.29) is 29.7 Å². The second kappa shape index (κ2) is 8.41. The lowest BCUT2D eigenvalue weighted by Crippen LogP contribution is -2.47. The number of allylic oxidation sites excluding steroid dienone is 2. The first-order chi connectivity index (χ1) is 15.0. The molecule has 0 radical (unpaired) electrons. The van der Waals surface area contributed by atoms with E-state index >= 15 is 0 Å². The van der Waals surface area contributed by atoms with Crippen LogP contribution in [0.25, 0.3) is 0 Å². The van der Waals surface area contributed by atoms with Crippen molar-refractivity contribution in [2.45, 2.75) is 70.3 Å². The van der Waals surface area contributed by atoms with Crippen molar-refractivity contribution in [3.8, 4) is 0 Å². The summed E-state index contributed by atoms with van der Waals surface area (Å²) in [6, 6.07) is 0.214. The molecule has 31 heavy (non-hydrogen) atoms. The van der Waals surface area contributed by atoms with E-state index in [2.05, 4.69) is 10.6 Å². The molecular formula is C24H30N2O4S. The second-order valence-corrected chi connectivity index (χ2v) is 10.6. The molecule has 7 heteroatoms. The molecule has 6 nitrogen and oxygen atoms in total. The first kappa shape index (κ1) is 20.7. The highest BCUT2D eigenvalue weighted by molar-refractivity contribution is 7.17. The van der Waals surface area contributed by atoms with Crippen LogP contribution in [0.2, 0.25) is 0 Å². The summed E-state index contributed by atoms with van der Waals surface area (Å²) in [5.41, 5.74) is 1.71. The third-order valence-corrected chi connectivity index (χ3v) is 8.87. The number of carboxylic acids is 1. The number of carbonyl (C=O) groups excluding carboxylic acids is 2. The Morgan fingerprint density at radius 1 is 0.903 bits per heavy atom. The van der Waals surface area contributed by atoms with Gasteiger partial charge in [0, 0.05) is 10.9 Å². The Morgan fingerprint density at radius 3 is 2.26 bits per heavy atom. The van der Waals surface area contributed by atoms with Crippen molar-refractivity contribution in [2.75, 3.05) is 5.32 Å². The molecular weight excluding hydrogens is 412 g/mol. The average molecular weight is 443 g/mol. The van der Waals surface area contributed by atoms with Gasteiger partial charge in [0.2, 0.25) is 5.91 Å². The number of rotatable bonds is 5. The number of hydrogen-bond donors (Lipinski definition) is 3. The maximum atomic E-state index is 13.4. The SMILES string of the molecule is O=C(NC1CCCC1)c1c(NC(=O)[C@H]2[C@@H](C(=O)O)[C@H]3C=C[C@H]2CC3)sc2c1CCCC2. The zero-order valence-corrected chi connectivity index (χ0v) is 18.5. The Labute approximate surface area is 186 Å². The van der Waals surface area contributed by atoms with Gasteiger partial charge in [-0.15, -0.1) is 11.3 Å². The highest BCUT2D eigenvalue weighted by Gasteiger charge is 2.48. The van der Waals surface area contributed by atoms with Crippen LogP contribution in [0, 0.1) is 23.7 Å². The summed E-state index contributed by atoms with van der Waals surface area (Å²) in [4.78, 5) is 39.8. The number of fused-ring (bicyclic) bond motifs is 3. The monoisotopic (exact) mass is 442 g/mol. The highest BCUT2D eigenvalue weighted by atomic mass is 32.1. The van der Waals surface area contributed by atoms with Crippen molar-refractivity contribution in [1.29, 1.82) is 0 Å². The molecule has 2 amide bonds. The molecule has 5 aliphatic carbocycles. The predicted molar refractivity (Wildman–Crippen MR) is 119 cm³/mol. The number of carboxylic acid groups (broad SMARTS) is 1. The van der Waals surface area contributed by atoms with Crippen LogP contribution >= 0.6 is 11.3 Å². The van der Waals surface area contributed by atoms with Gasteiger partial charge < -0.3 is 15.7 Å². The molecule has 0 spiro atoms. The summed E-state index contributed by atoms with van der Waals surface area (Å²) in [6.45, 7) is 0. The zero-order valence-electron chi connectivity index (χ0n) is 17.7. The summed E-state index contributed by atoms with van der Waals surface area (Å²) in [6.07, 6.45) is 13.9. The lowest BCUT2D eigenvalue weighted by Gasteiger charge is -2.41. The number of amides is 2. The van der Waals surface area contributed by atoms with Gasteiger partial charge in [0.15, 0.2) is 0 Å². The van der Waals surface area contributed by atoms with Crippen LogP contribution in [-0.4, -0.2) is 28.9 Å². The molecule has 2 saturated carbocycles. The number of aliphatic carboxylic acids is 1. The molecule has 2 fully saturated rings. The smallest absolute Gasteiger partial charge is 0.307 e. The number of nitrogens with one attached hydrogen (secondary N) is 2. The Hall–Kier alpha value is -2.15. The molecule has 0 saturated heterocycles. The van der Waals surface area contributed by atoms with Gasteiger partial charge in [0.05, 0.1) is 17.4 Å². The fourth-order valence-electron chi connectivity index (χ4n) is 6.11. The minimum Gasteiger partial charge on any atom is -0.481 e. The number of thiophene rings is 1.